The lowest BCUT2D eigenvalue weighted by Crippen LogP contribution is -2.32. The van der Waals surface area contributed by atoms with Crippen molar-refractivity contribution < 1.29 is 13.6 Å². The maximum absolute atomic E-state index is 13.5. The first-order valence-corrected chi connectivity index (χ1v) is 7.06. The number of halogens is 3. The van der Waals surface area contributed by atoms with E-state index >= 15 is 0 Å². The molecule has 0 saturated carbocycles. The van der Waals surface area contributed by atoms with Crippen molar-refractivity contribution in [2.75, 3.05) is 26.2 Å². The van der Waals surface area contributed by atoms with Crippen LogP contribution in [-0.4, -0.2) is 37.0 Å². The molecule has 1 aromatic carbocycles. The Hall–Kier alpha value is -1.20. The predicted octanol–water partition coefficient (Wildman–Crippen LogP) is 2.00. The molecular formula is C15H19ClF2N2O. The van der Waals surface area contributed by atoms with Gasteiger partial charge < -0.3 is 10.2 Å². The van der Waals surface area contributed by atoms with Gasteiger partial charge in [0.1, 0.15) is 0 Å². The number of carbonyl (C=O) groups excluding carboxylic acids is 1. The van der Waals surface area contributed by atoms with Gasteiger partial charge in [-0.3, -0.25) is 4.79 Å². The molecule has 1 amide bonds. The van der Waals surface area contributed by atoms with E-state index in [2.05, 4.69) is 5.32 Å². The molecular weight excluding hydrogens is 298 g/mol. The summed E-state index contributed by atoms with van der Waals surface area (Å²) in [5, 5.41) is 3.33. The Labute approximate surface area is 129 Å². The molecule has 116 valence electrons. The molecule has 2 aliphatic heterocycles. The van der Waals surface area contributed by atoms with Crippen LogP contribution in [0.25, 0.3) is 0 Å². The molecule has 0 spiro atoms. The fourth-order valence-corrected chi connectivity index (χ4v) is 3.20. The fraction of sp³-hybridized carbons (Fsp3) is 0.533. The summed E-state index contributed by atoms with van der Waals surface area (Å²) in [4.78, 5) is 14.0. The van der Waals surface area contributed by atoms with Gasteiger partial charge in [-0.1, -0.05) is 12.1 Å². The van der Waals surface area contributed by atoms with Gasteiger partial charge in [0.15, 0.2) is 11.6 Å². The highest BCUT2D eigenvalue weighted by atomic mass is 35.5. The van der Waals surface area contributed by atoms with E-state index in [-0.39, 0.29) is 36.7 Å². The molecule has 2 atom stereocenters. The smallest absolute Gasteiger partial charge is 0.222 e. The third-order valence-electron chi connectivity index (χ3n) is 4.38. The van der Waals surface area contributed by atoms with Gasteiger partial charge in [0.05, 0.1) is 0 Å². The number of rotatable bonds is 3. The second kappa shape index (κ2) is 6.71. The molecule has 2 heterocycles. The van der Waals surface area contributed by atoms with Crippen LogP contribution in [0.1, 0.15) is 12.0 Å². The van der Waals surface area contributed by atoms with Gasteiger partial charge in [0, 0.05) is 32.6 Å². The number of aryl methyl sites for hydroxylation is 1. The quantitative estimate of drug-likeness (QED) is 0.925. The maximum atomic E-state index is 13.5. The van der Waals surface area contributed by atoms with Crippen LogP contribution in [0, 0.1) is 23.5 Å². The molecule has 0 bridgehead atoms. The highest BCUT2D eigenvalue weighted by molar-refractivity contribution is 5.85. The van der Waals surface area contributed by atoms with Crippen LogP contribution in [-0.2, 0) is 11.2 Å². The molecule has 6 heteroatoms. The molecule has 0 unspecified atom stereocenters. The molecule has 2 fully saturated rings. The van der Waals surface area contributed by atoms with E-state index in [0.29, 0.717) is 11.8 Å². The summed E-state index contributed by atoms with van der Waals surface area (Å²) in [6, 6.07) is 4.10. The van der Waals surface area contributed by atoms with E-state index in [9.17, 15) is 13.6 Å². The Balaban J connectivity index is 0.00000161. The van der Waals surface area contributed by atoms with Crippen molar-refractivity contribution in [2.24, 2.45) is 11.8 Å². The highest BCUT2D eigenvalue weighted by Gasteiger charge is 2.37. The molecule has 0 aromatic heterocycles. The lowest BCUT2D eigenvalue weighted by atomic mass is 10.0. The van der Waals surface area contributed by atoms with Crippen molar-refractivity contribution in [3.05, 3.63) is 35.4 Å². The van der Waals surface area contributed by atoms with E-state index in [0.717, 1.165) is 32.2 Å². The van der Waals surface area contributed by atoms with Crippen LogP contribution in [0.5, 0.6) is 0 Å². The van der Waals surface area contributed by atoms with Crippen molar-refractivity contribution in [1.82, 2.24) is 10.2 Å². The molecule has 0 aliphatic carbocycles. The van der Waals surface area contributed by atoms with Crippen LogP contribution in [0.2, 0.25) is 0 Å². The average molecular weight is 317 g/mol. The number of hydrogen-bond acceptors (Lipinski definition) is 2. The van der Waals surface area contributed by atoms with Crippen LogP contribution in [0.15, 0.2) is 18.2 Å². The molecule has 3 rings (SSSR count). The Morgan fingerprint density at radius 1 is 1.24 bits per heavy atom. The van der Waals surface area contributed by atoms with E-state index in [1.54, 1.807) is 0 Å². The van der Waals surface area contributed by atoms with Gasteiger partial charge in [0.2, 0.25) is 5.91 Å². The number of nitrogens with zero attached hydrogens (tertiary/aromatic N) is 1. The number of likely N-dealkylation sites (tertiary alicyclic amines) is 1. The third-order valence-corrected chi connectivity index (χ3v) is 4.38. The molecule has 3 nitrogen and oxygen atoms in total. The fourth-order valence-electron chi connectivity index (χ4n) is 3.20. The van der Waals surface area contributed by atoms with Crippen molar-refractivity contribution in [1.29, 1.82) is 0 Å². The van der Waals surface area contributed by atoms with Crippen LogP contribution < -0.4 is 5.32 Å². The van der Waals surface area contributed by atoms with Gasteiger partial charge in [0.25, 0.3) is 0 Å². The number of benzene rings is 1. The van der Waals surface area contributed by atoms with Gasteiger partial charge in [-0.2, -0.15) is 0 Å². The second-order valence-electron chi connectivity index (χ2n) is 5.69. The normalized spacial score (nSPS) is 23.8. The van der Waals surface area contributed by atoms with Gasteiger partial charge in [-0.15, -0.1) is 12.4 Å². The lowest BCUT2D eigenvalue weighted by Gasteiger charge is -2.17. The van der Waals surface area contributed by atoms with Crippen LogP contribution >= 0.6 is 12.4 Å². The van der Waals surface area contributed by atoms with E-state index in [1.165, 1.54) is 12.1 Å². The van der Waals surface area contributed by atoms with Crippen LogP contribution in [0.3, 0.4) is 0 Å². The second-order valence-corrected chi connectivity index (χ2v) is 5.69. The van der Waals surface area contributed by atoms with Gasteiger partial charge in [-0.25, -0.2) is 8.78 Å². The molecule has 1 N–H and O–H groups in total. The number of nitrogens with one attached hydrogen (secondary N) is 1. The summed E-state index contributed by atoms with van der Waals surface area (Å²) in [5.41, 5.74) is 0.277. The number of amides is 1. The average Bonchev–Trinajstić information content (AvgIpc) is 3.01. The largest absolute Gasteiger partial charge is 0.342 e. The summed E-state index contributed by atoms with van der Waals surface area (Å²) in [6.45, 7) is 3.55. The van der Waals surface area contributed by atoms with Crippen LogP contribution in [0.4, 0.5) is 8.78 Å². The Bertz CT molecular complexity index is 514. The summed E-state index contributed by atoms with van der Waals surface area (Å²) in [7, 11) is 0. The SMILES string of the molecule is Cl.O=C(CCc1cccc(F)c1F)N1C[C@H]2CNC[C@H]2C1. The minimum Gasteiger partial charge on any atom is -0.342 e. The number of hydrogen-bond donors (Lipinski definition) is 1. The monoisotopic (exact) mass is 316 g/mol. The minimum atomic E-state index is -0.850. The van der Waals surface area contributed by atoms with E-state index < -0.39 is 11.6 Å². The first-order chi connectivity index (χ1) is 9.65. The highest BCUT2D eigenvalue weighted by Crippen LogP contribution is 2.27. The van der Waals surface area contributed by atoms with E-state index in [1.807, 2.05) is 4.90 Å². The Kier molecular flexibility index (Phi) is 5.17. The standard InChI is InChI=1S/C15H18F2N2O.ClH/c16-13-3-1-2-10(15(13)17)4-5-14(20)19-8-11-6-18-7-12(11)9-19;/h1-3,11-12,18H,4-9H2;1H/t11-,12+;. The molecule has 1 aromatic rings. The summed E-state index contributed by atoms with van der Waals surface area (Å²) < 4.78 is 26.6. The first kappa shape index (κ1) is 16.2. The van der Waals surface area contributed by atoms with Crippen molar-refractivity contribution in [2.45, 2.75) is 12.8 Å². The minimum absolute atomic E-state index is 0. The third kappa shape index (κ3) is 3.35. The summed E-state index contributed by atoms with van der Waals surface area (Å²) >= 11 is 0. The Morgan fingerprint density at radius 3 is 2.57 bits per heavy atom. The molecule has 0 radical (unpaired) electrons. The zero-order chi connectivity index (χ0) is 14.1. The zero-order valence-corrected chi connectivity index (χ0v) is 12.5. The summed E-state index contributed by atoms with van der Waals surface area (Å²) in [5.74, 6) is -0.516. The van der Waals surface area contributed by atoms with Crippen molar-refractivity contribution >= 4 is 18.3 Å². The van der Waals surface area contributed by atoms with Crippen molar-refractivity contribution in [3.63, 3.8) is 0 Å². The predicted molar refractivity (Wildman–Crippen MR) is 78.4 cm³/mol. The lowest BCUT2D eigenvalue weighted by molar-refractivity contribution is -0.130. The van der Waals surface area contributed by atoms with E-state index in [4.69, 9.17) is 0 Å². The Morgan fingerprint density at radius 2 is 1.90 bits per heavy atom. The van der Waals surface area contributed by atoms with Gasteiger partial charge >= 0.3 is 0 Å². The summed E-state index contributed by atoms with van der Waals surface area (Å²) in [6.07, 6.45) is 0.500. The zero-order valence-electron chi connectivity index (χ0n) is 11.6. The van der Waals surface area contributed by atoms with Crippen molar-refractivity contribution in [3.8, 4) is 0 Å². The van der Waals surface area contributed by atoms with Gasteiger partial charge in [-0.05, 0) is 29.9 Å². The number of fused-ring (bicyclic) bond motifs is 1. The topological polar surface area (TPSA) is 32.3 Å². The molecule has 2 saturated heterocycles. The molecule has 21 heavy (non-hydrogen) atoms. The molecule has 2 aliphatic rings. The maximum Gasteiger partial charge on any atom is 0.222 e. The first-order valence-electron chi connectivity index (χ1n) is 7.06. The number of carbonyl (C=O) groups is 1.